The number of amides is 1. The van der Waals surface area contributed by atoms with Gasteiger partial charge in [0.05, 0.1) is 17.4 Å². The SMILES string of the molecule is NC1CCC(CNC(=O)C2CCS(=O)(=O)C2)C1. The lowest BCUT2D eigenvalue weighted by Crippen LogP contribution is -2.34. The van der Waals surface area contributed by atoms with Crippen molar-refractivity contribution < 1.29 is 13.2 Å². The van der Waals surface area contributed by atoms with Crippen LogP contribution in [0.25, 0.3) is 0 Å². The number of hydrogen-bond acceptors (Lipinski definition) is 4. The normalized spacial score (nSPS) is 35.9. The number of nitrogens with one attached hydrogen (secondary N) is 1. The third-order valence-electron chi connectivity index (χ3n) is 3.75. The van der Waals surface area contributed by atoms with Crippen molar-refractivity contribution in [2.24, 2.45) is 17.6 Å². The molecule has 3 unspecified atom stereocenters. The highest BCUT2D eigenvalue weighted by Crippen LogP contribution is 2.24. The first-order valence-corrected chi connectivity index (χ1v) is 8.02. The van der Waals surface area contributed by atoms with Gasteiger partial charge in [-0.25, -0.2) is 8.42 Å². The summed E-state index contributed by atoms with van der Waals surface area (Å²) in [4.78, 5) is 11.8. The highest BCUT2D eigenvalue weighted by molar-refractivity contribution is 7.91. The standard InChI is InChI=1S/C11H20N2O3S/c12-10-2-1-8(5-10)6-13-11(14)9-3-4-17(15,16)7-9/h8-10H,1-7,12H2,(H,13,14). The highest BCUT2D eigenvalue weighted by Gasteiger charge is 2.33. The van der Waals surface area contributed by atoms with Gasteiger partial charge in [0.2, 0.25) is 5.91 Å². The molecule has 1 aliphatic carbocycles. The second-order valence-corrected chi connectivity index (χ2v) is 7.51. The maximum absolute atomic E-state index is 11.8. The van der Waals surface area contributed by atoms with E-state index in [1.54, 1.807) is 0 Å². The van der Waals surface area contributed by atoms with Gasteiger partial charge in [0.1, 0.15) is 0 Å². The van der Waals surface area contributed by atoms with Gasteiger partial charge in [-0.1, -0.05) is 0 Å². The third-order valence-corrected chi connectivity index (χ3v) is 5.52. The molecule has 2 fully saturated rings. The van der Waals surface area contributed by atoms with Crippen molar-refractivity contribution in [3.05, 3.63) is 0 Å². The fourth-order valence-corrected chi connectivity index (χ4v) is 4.43. The van der Waals surface area contributed by atoms with Crippen LogP contribution in [0.4, 0.5) is 0 Å². The second-order valence-electron chi connectivity index (χ2n) is 5.28. The van der Waals surface area contributed by atoms with Crippen LogP contribution in [0.3, 0.4) is 0 Å². The van der Waals surface area contributed by atoms with Gasteiger partial charge >= 0.3 is 0 Å². The van der Waals surface area contributed by atoms with Gasteiger partial charge < -0.3 is 11.1 Å². The zero-order valence-electron chi connectivity index (χ0n) is 9.89. The molecule has 1 heterocycles. The number of sulfone groups is 1. The summed E-state index contributed by atoms with van der Waals surface area (Å²) in [5.41, 5.74) is 5.80. The van der Waals surface area contributed by atoms with Crippen LogP contribution in [0.2, 0.25) is 0 Å². The molecule has 2 rings (SSSR count). The van der Waals surface area contributed by atoms with Crippen LogP contribution in [0.15, 0.2) is 0 Å². The summed E-state index contributed by atoms with van der Waals surface area (Å²) in [6, 6.07) is 0.267. The fourth-order valence-electron chi connectivity index (χ4n) is 2.69. The van der Waals surface area contributed by atoms with Crippen molar-refractivity contribution in [1.29, 1.82) is 0 Å². The molecule has 0 radical (unpaired) electrons. The molecule has 1 amide bonds. The van der Waals surface area contributed by atoms with E-state index in [4.69, 9.17) is 5.73 Å². The van der Waals surface area contributed by atoms with Crippen LogP contribution in [0.1, 0.15) is 25.7 Å². The molecule has 0 spiro atoms. The van der Waals surface area contributed by atoms with E-state index in [0.29, 0.717) is 18.9 Å². The van der Waals surface area contributed by atoms with Crippen molar-refractivity contribution >= 4 is 15.7 Å². The minimum atomic E-state index is -2.97. The Kier molecular flexibility index (Phi) is 3.73. The van der Waals surface area contributed by atoms with E-state index in [0.717, 1.165) is 19.3 Å². The molecular weight excluding hydrogens is 240 g/mol. The van der Waals surface area contributed by atoms with Crippen LogP contribution in [-0.2, 0) is 14.6 Å². The van der Waals surface area contributed by atoms with E-state index in [1.165, 1.54) is 0 Å². The van der Waals surface area contributed by atoms with Crippen LogP contribution in [-0.4, -0.2) is 38.4 Å². The van der Waals surface area contributed by atoms with Gasteiger partial charge in [-0.05, 0) is 31.6 Å². The Morgan fingerprint density at radius 1 is 1.29 bits per heavy atom. The minimum Gasteiger partial charge on any atom is -0.356 e. The lowest BCUT2D eigenvalue weighted by molar-refractivity contribution is -0.124. The summed E-state index contributed by atoms with van der Waals surface area (Å²) >= 11 is 0. The fraction of sp³-hybridized carbons (Fsp3) is 0.909. The number of hydrogen-bond donors (Lipinski definition) is 2. The molecule has 0 aromatic rings. The number of carbonyl (C=O) groups is 1. The van der Waals surface area contributed by atoms with E-state index in [-0.39, 0.29) is 29.4 Å². The zero-order chi connectivity index (χ0) is 12.5. The summed E-state index contributed by atoms with van der Waals surface area (Å²) in [7, 11) is -2.97. The van der Waals surface area contributed by atoms with Crippen LogP contribution in [0, 0.1) is 11.8 Å². The summed E-state index contributed by atoms with van der Waals surface area (Å²) in [6.45, 7) is 0.642. The van der Waals surface area contributed by atoms with E-state index >= 15 is 0 Å². The maximum Gasteiger partial charge on any atom is 0.224 e. The Balaban J connectivity index is 1.75. The summed E-state index contributed by atoms with van der Waals surface area (Å²) < 4.78 is 22.5. The molecular formula is C11H20N2O3S. The molecule has 6 heteroatoms. The van der Waals surface area contributed by atoms with Crippen molar-refractivity contribution in [2.75, 3.05) is 18.1 Å². The molecule has 98 valence electrons. The first-order chi connectivity index (χ1) is 7.96. The second kappa shape index (κ2) is 4.94. The van der Waals surface area contributed by atoms with Crippen molar-refractivity contribution in [1.82, 2.24) is 5.32 Å². The first kappa shape index (κ1) is 12.8. The molecule has 0 aromatic carbocycles. The van der Waals surface area contributed by atoms with Crippen molar-refractivity contribution in [2.45, 2.75) is 31.7 Å². The van der Waals surface area contributed by atoms with E-state index in [1.807, 2.05) is 0 Å². The molecule has 1 saturated carbocycles. The lowest BCUT2D eigenvalue weighted by Gasteiger charge is -2.13. The minimum absolute atomic E-state index is 0.0169. The summed E-state index contributed by atoms with van der Waals surface area (Å²) in [5.74, 6) is 0.191. The largest absolute Gasteiger partial charge is 0.356 e. The van der Waals surface area contributed by atoms with E-state index < -0.39 is 9.84 Å². The van der Waals surface area contributed by atoms with E-state index in [2.05, 4.69) is 5.32 Å². The van der Waals surface area contributed by atoms with Gasteiger partial charge in [0.15, 0.2) is 9.84 Å². The monoisotopic (exact) mass is 260 g/mol. The Morgan fingerprint density at radius 2 is 2.06 bits per heavy atom. The van der Waals surface area contributed by atoms with Crippen LogP contribution < -0.4 is 11.1 Å². The van der Waals surface area contributed by atoms with Crippen LogP contribution >= 0.6 is 0 Å². The Bertz CT molecular complexity index is 394. The maximum atomic E-state index is 11.8. The zero-order valence-corrected chi connectivity index (χ0v) is 10.7. The van der Waals surface area contributed by atoms with Gasteiger partial charge in [-0.3, -0.25) is 4.79 Å². The van der Waals surface area contributed by atoms with E-state index in [9.17, 15) is 13.2 Å². The molecule has 3 atom stereocenters. The van der Waals surface area contributed by atoms with Crippen LogP contribution in [0.5, 0.6) is 0 Å². The van der Waals surface area contributed by atoms with Crippen molar-refractivity contribution in [3.8, 4) is 0 Å². The molecule has 1 aliphatic heterocycles. The number of carbonyl (C=O) groups excluding carboxylic acids is 1. The molecule has 3 N–H and O–H groups in total. The molecule has 5 nitrogen and oxygen atoms in total. The number of nitrogens with two attached hydrogens (primary N) is 1. The summed E-state index contributed by atoms with van der Waals surface area (Å²) in [6.07, 6.45) is 3.52. The van der Waals surface area contributed by atoms with Crippen molar-refractivity contribution in [3.63, 3.8) is 0 Å². The van der Waals surface area contributed by atoms with Gasteiger partial charge in [-0.2, -0.15) is 0 Å². The topological polar surface area (TPSA) is 89.3 Å². The Hall–Kier alpha value is -0.620. The molecule has 2 aliphatic rings. The third kappa shape index (κ3) is 3.42. The average molecular weight is 260 g/mol. The Labute approximate surface area is 102 Å². The first-order valence-electron chi connectivity index (χ1n) is 6.20. The quantitative estimate of drug-likeness (QED) is 0.727. The van der Waals surface area contributed by atoms with Gasteiger partial charge in [-0.15, -0.1) is 0 Å². The average Bonchev–Trinajstić information content (AvgIpc) is 2.81. The lowest BCUT2D eigenvalue weighted by atomic mass is 10.1. The summed E-state index contributed by atoms with van der Waals surface area (Å²) in [5, 5.41) is 2.87. The number of rotatable bonds is 3. The smallest absolute Gasteiger partial charge is 0.224 e. The molecule has 17 heavy (non-hydrogen) atoms. The van der Waals surface area contributed by atoms with Gasteiger partial charge in [0, 0.05) is 12.6 Å². The highest BCUT2D eigenvalue weighted by atomic mass is 32.2. The molecule has 1 saturated heterocycles. The predicted molar refractivity (Wildman–Crippen MR) is 65.1 cm³/mol. The Morgan fingerprint density at radius 3 is 2.59 bits per heavy atom. The van der Waals surface area contributed by atoms with Gasteiger partial charge in [0.25, 0.3) is 0 Å². The molecule has 0 bridgehead atoms. The predicted octanol–water partition coefficient (Wildman–Crippen LogP) is -0.335. The molecule has 0 aromatic heterocycles.